The second kappa shape index (κ2) is 7.79. The van der Waals surface area contributed by atoms with Gasteiger partial charge < -0.3 is 10.2 Å². The zero-order chi connectivity index (χ0) is 16.9. The number of benzene rings is 1. The molecule has 1 heterocycles. The van der Waals surface area contributed by atoms with Crippen molar-refractivity contribution in [2.45, 2.75) is 25.8 Å². The molecule has 2 rings (SSSR count). The first-order chi connectivity index (χ1) is 11.0. The predicted octanol–water partition coefficient (Wildman–Crippen LogP) is 2.84. The van der Waals surface area contributed by atoms with Gasteiger partial charge in [-0.3, -0.25) is 0 Å². The Labute approximate surface area is 139 Å². The van der Waals surface area contributed by atoms with Crippen molar-refractivity contribution in [1.82, 2.24) is 5.32 Å². The van der Waals surface area contributed by atoms with Gasteiger partial charge in [-0.15, -0.1) is 0 Å². The number of rotatable bonds is 6. The Morgan fingerprint density at radius 3 is 2.83 bits per heavy atom. The Hall–Kier alpha value is -1.59. The van der Waals surface area contributed by atoms with Crippen LogP contribution in [-0.2, 0) is 9.84 Å². The summed E-state index contributed by atoms with van der Waals surface area (Å²) >= 11 is 0. The number of likely N-dealkylation sites (N-methyl/N-ethyl adjacent to an activating group) is 1. The molecule has 1 fully saturated rings. The molecule has 0 saturated carbocycles. The second-order valence-corrected chi connectivity index (χ2v) is 7.96. The van der Waals surface area contributed by atoms with Gasteiger partial charge in [-0.2, -0.15) is 0 Å². The highest BCUT2D eigenvalue weighted by atomic mass is 32.2. The normalized spacial score (nSPS) is 19.0. The Bertz CT molecular complexity index is 674. The molecule has 1 unspecified atom stereocenters. The van der Waals surface area contributed by atoms with Crippen LogP contribution in [0.15, 0.2) is 43.0 Å². The van der Waals surface area contributed by atoms with Crippen LogP contribution in [0.4, 0.5) is 5.69 Å². The molecule has 1 atom stereocenters. The summed E-state index contributed by atoms with van der Waals surface area (Å²) in [7, 11) is -1.36. The summed E-state index contributed by atoms with van der Waals surface area (Å²) in [6.45, 7) is 7.66. The van der Waals surface area contributed by atoms with E-state index < -0.39 is 9.84 Å². The monoisotopic (exact) mass is 334 g/mol. The Kier molecular flexibility index (Phi) is 6.02. The average Bonchev–Trinajstić information content (AvgIpc) is 2.59. The largest absolute Gasteiger partial charge is 0.370 e. The molecule has 1 aliphatic heterocycles. The molecule has 1 saturated heterocycles. The molecule has 23 heavy (non-hydrogen) atoms. The van der Waals surface area contributed by atoms with Gasteiger partial charge in [0.1, 0.15) is 0 Å². The summed E-state index contributed by atoms with van der Waals surface area (Å²) in [5.41, 5.74) is 1.63. The van der Waals surface area contributed by atoms with E-state index in [0.29, 0.717) is 11.6 Å². The van der Waals surface area contributed by atoms with Gasteiger partial charge >= 0.3 is 0 Å². The van der Waals surface area contributed by atoms with Crippen LogP contribution in [-0.4, -0.2) is 40.3 Å². The molecule has 5 heteroatoms. The maximum Gasteiger partial charge on any atom is 0.181 e. The van der Waals surface area contributed by atoms with Gasteiger partial charge in [-0.1, -0.05) is 36.9 Å². The third kappa shape index (κ3) is 4.24. The minimum atomic E-state index is -3.39. The standard InChI is InChI=1S/C18H26N2O2S/c1-4-5-13-23(21,22)15(2)17-10-6-7-11-18(17)20(3)16-9-8-12-19-14-16/h4-7,10-11,16,19H,2,8-9,12-14H2,1,3H3/b5-4-. The van der Waals surface area contributed by atoms with E-state index in [0.717, 1.165) is 31.6 Å². The van der Waals surface area contributed by atoms with E-state index in [-0.39, 0.29) is 10.7 Å². The number of nitrogens with zero attached hydrogens (tertiary/aromatic N) is 1. The first-order valence-electron chi connectivity index (χ1n) is 8.03. The van der Waals surface area contributed by atoms with E-state index in [9.17, 15) is 8.42 Å². The first kappa shape index (κ1) is 17.8. The van der Waals surface area contributed by atoms with Gasteiger partial charge in [0.2, 0.25) is 0 Å². The predicted molar refractivity (Wildman–Crippen MR) is 98.4 cm³/mol. The number of hydrogen-bond donors (Lipinski definition) is 1. The zero-order valence-corrected chi connectivity index (χ0v) is 14.8. The highest BCUT2D eigenvalue weighted by molar-refractivity contribution is 8.00. The molecule has 0 spiro atoms. The van der Waals surface area contributed by atoms with Gasteiger partial charge in [0.25, 0.3) is 0 Å². The number of allylic oxidation sites excluding steroid dienone is 1. The van der Waals surface area contributed by atoms with E-state index >= 15 is 0 Å². The van der Waals surface area contributed by atoms with Crippen LogP contribution in [0.1, 0.15) is 25.3 Å². The lowest BCUT2D eigenvalue weighted by atomic mass is 10.0. The van der Waals surface area contributed by atoms with E-state index in [4.69, 9.17) is 0 Å². The summed E-state index contributed by atoms with van der Waals surface area (Å²) in [6.07, 6.45) is 5.64. The number of sulfone groups is 1. The van der Waals surface area contributed by atoms with Crippen molar-refractivity contribution in [3.63, 3.8) is 0 Å². The van der Waals surface area contributed by atoms with Gasteiger partial charge in [0, 0.05) is 30.9 Å². The summed E-state index contributed by atoms with van der Waals surface area (Å²) in [4.78, 5) is 2.37. The Morgan fingerprint density at radius 1 is 1.43 bits per heavy atom. The van der Waals surface area contributed by atoms with Crippen LogP contribution in [0, 0.1) is 0 Å². The molecule has 126 valence electrons. The van der Waals surface area contributed by atoms with Crippen LogP contribution in [0.25, 0.3) is 4.91 Å². The van der Waals surface area contributed by atoms with E-state index in [2.05, 4.69) is 16.8 Å². The molecule has 1 aromatic rings. The summed E-state index contributed by atoms with van der Waals surface area (Å²) in [6, 6.07) is 7.99. The Morgan fingerprint density at radius 2 is 2.17 bits per heavy atom. The molecule has 1 aliphatic rings. The number of anilines is 1. The smallest absolute Gasteiger partial charge is 0.181 e. The molecule has 0 aliphatic carbocycles. The molecule has 0 aromatic heterocycles. The van der Waals surface area contributed by atoms with Crippen molar-refractivity contribution in [3.05, 3.63) is 48.6 Å². The fraction of sp³-hybridized carbons (Fsp3) is 0.444. The third-order valence-corrected chi connectivity index (χ3v) is 5.93. The molecule has 0 radical (unpaired) electrons. The first-order valence-corrected chi connectivity index (χ1v) is 9.68. The molecule has 0 amide bonds. The van der Waals surface area contributed by atoms with Gasteiger partial charge in [-0.25, -0.2) is 8.42 Å². The van der Waals surface area contributed by atoms with E-state index in [1.807, 2.05) is 38.2 Å². The topological polar surface area (TPSA) is 49.4 Å². The van der Waals surface area contributed by atoms with E-state index in [1.54, 1.807) is 12.2 Å². The van der Waals surface area contributed by atoms with Gasteiger partial charge in [0.05, 0.1) is 10.7 Å². The van der Waals surface area contributed by atoms with Crippen molar-refractivity contribution < 1.29 is 8.42 Å². The molecular formula is C18H26N2O2S. The van der Waals surface area contributed by atoms with Gasteiger partial charge in [-0.05, 0) is 32.4 Å². The van der Waals surface area contributed by atoms with Crippen LogP contribution in [0.2, 0.25) is 0 Å². The van der Waals surface area contributed by atoms with Crippen molar-refractivity contribution in [3.8, 4) is 0 Å². The van der Waals surface area contributed by atoms with Crippen LogP contribution in [0.3, 0.4) is 0 Å². The number of piperidine rings is 1. The number of nitrogens with one attached hydrogen (secondary N) is 1. The summed E-state index contributed by atoms with van der Waals surface area (Å²) in [5.74, 6) is -0.00857. The minimum Gasteiger partial charge on any atom is -0.370 e. The van der Waals surface area contributed by atoms with Crippen molar-refractivity contribution >= 4 is 20.4 Å². The van der Waals surface area contributed by atoms with Crippen molar-refractivity contribution in [2.75, 3.05) is 30.8 Å². The van der Waals surface area contributed by atoms with Crippen molar-refractivity contribution in [1.29, 1.82) is 0 Å². The molecule has 4 nitrogen and oxygen atoms in total. The second-order valence-electron chi connectivity index (χ2n) is 5.90. The van der Waals surface area contributed by atoms with Crippen LogP contribution < -0.4 is 10.2 Å². The van der Waals surface area contributed by atoms with Crippen molar-refractivity contribution in [2.24, 2.45) is 0 Å². The lowest BCUT2D eigenvalue weighted by molar-refractivity contribution is 0.445. The van der Waals surface area contributed by atoms with Gasteiger partial charge in [0.15, 0.2) is 9.84 Å². The summed E-state index contributed by atoms with van der Waals surface area (Å²) in [5, 5.41) is 3.40. The van der Waals surface area contributed by atoms with Crippen LogP contribution in [0.5, 0.6) is 0 Å². The summed E-state index contributed by atoms with van der Waals surface area (Å²) < 4.78 is 24.9. The highest BCUT2D eigenvalue weighted by Gasteiger charge is 2.24. The maximum atomic E-state index is 12.5. The zero-order valence-electron chi connectivity index (χ0n) is 14.0. The highest BCUT2D eigenvalue weighted by Crippen LogP contribution is 2.31. The maximum absolute atomic E-state index is 12.5. The fourth-order valence-corrected chi connectivity index (χ4v) is 4.02. The lowest BCUT2D eigenvalue weighted by Gasteiger charge is -2.34. The third-order valence-electron chi connectivity index (χ3n) is 4.33. The van der Waals surface area contributed by atoms with Crippen LogP contribution >= 0.6 is 0 Å². The minimum absolute atomic E-state index is 0.00857. The SMILES string of the molecule is C=C(c1ccccc1N(C)C1CCCNC1)S(=O)(=O)C/C=C\C. The lowest BCUT2D eigenvalue weighted by Crippen LogP contribution is -2.44. The van der Waals surface area contributed by atoms with E-state index in [1.165, 1.54) is 0 Å². The molecule has 0 bridgehead atoms. The number of hydrogen-bond acceptors (Lipinski definition) is 4. The molecule has 1 aromatic carbocycles. The fourth-order valence-electron chi connectivity index (χ4n) is 2.87. The average molecular weight is 334 g/mol. The molecular weight excluding hydrogens is 308 g/mol. The Balaban J connectivity index is 2.31. The quantitative estimate of drug-likeness (QED) is 0.813. The number of para-hydroxylation sites is 1. The molecule has 1 N–H and O–H groups in total.